The molecule has 2 saturated carbocycles. The predicted molar refractivity (Wildman–Crippen MR) is 79.3 cm³/mol. The van der Waals surface area contributed by atoms with Crippen LogP contribution in [0.2, 0.25) is 0 Å². The Morgan fingerprint density at radius 3 is 2.22 bits per heavy atom. The maximum Gasteiger partial charge on any atom is 0.186 e. The smallest absolute Gasteiger partial charge is 0.186 e. The number of hydrogen-bond donors (Lipinski definition) is 5. The molecule has 7 heteroatoms. The Balaban J connectivity index is 1.71. The number of fused-ring (bicyclic) bond motifs is 2. The number of aliphatic hydroxyl groups excluding tert-OH is 4. The lowest BCUT2D eigenvalue weighted by Gasteiger charge is -2.48. The molecule has 0 spiro atoms. The molecule has 0 aromatic carbocycles. The van der Waals surface area contributed by atoms with Crippen molar-refractivity contribution >= 4 is 0 Å². The number of hydrogen-bond acceptors (Lipinski definition) is 7. The summed E-state index contributed by atoms with van der Waals surface area (Å²) in [7, 11) is 0. The molecule has 5 N–H and O–H groups in total. The average molecular weight is 332 g/mol. The Morgan fingerprint density at radius 2 is 1.70 bits per heavy atom. The fraction of sp³-hybridized carbons (Fsp3) is 1.00. The molecule has 3 rings (SSSR count). The molecule has 134 valence electrons. The second-order valence-electron chi connectivity index (χ2n) is 8.02. The van der Waals surface area contributed by atoms with E-state index in [1.165, 1.54) is 0 Å². The summed E-state index contributed by atoms with van der Waals surface area (Å²) in [5.74, 6) is 0.243. The molecule has 1 heterocycles. The van der Waals surface area contributed by atoms with Crippen molar-refractivity contribution in [2.45, 2.75) is 76.0 Å². The zero-order valence-electron chi connectivity index (χ0n) is 13.8. The normalized spacial score (nSPS) is 55.3. The quantitative estimate of drug-likeness (QED) is 0.449. The van der Waals surface area contributed by atoms with Gasteiger partial charge in [0.25, 0.3) is 0 Å². The summed E-state index contributed by atoms with van der Waals surface area (Å²) in [6, 6.07) is 0. The Labute approximate surface area is 135 Å². The van der Waals surface area contributed by atoms with Crippen molar-refractivity contribution in [2.75, 3.05) is 6.61 Å². The van der Waals surface area contributed by atoms with Gasteiger partial charge in [0.15, 0.2) is 6.29 Å². The van der Waals surface area contributed by atoms with E-state index in [9.17, 15) is 25.5 Å². The maximum atomic E-state index is 10.9. The van der Waals surface area contributed by atoms with Gasteiger partial charge in [-0.1, -0.05) is 13.8 Å². The standard InChI is InChI=1S/C16H28O7/c1-15(2)7-4-8(16(15,3)21)9(5-7)22-14-13(20)12(19)11(18)10(6-17)23-14/h7-14,17-21H,4-6H2,1-3H3/t7-,8-,9+,10+,11+,12-,13+,14+,16+/m0/s1. The Hall–Kier alpha value is -0.280. The third kappa shape index (κ3) is 2.45. The van der Waals surface area contributed by atoms with E-state index in [0.717, 1.165) is 12.8 Å². The minimum atomic E-state index is -1.44. The number of ether oxygens (including phenoxy) is 2. The van der Waals surface area contributed by atoms with E-state index in [4.69, 9.17) is 9.47 Å². The van der Waals surface area contributed by atoms with Crippen molar-refractivity contribution in [3.05, 3.63) is 0 Å². The third-order valence-electron chi connectivity index (χ3n) is 6.71. The van der Waals surface area contributed by atoms with Crippen molar-refractivity contribution in [3.63, 3.8) is 0 Å². The van der Waals surface area contributed by atoms with E-state index in [1.54, 1.807) is 0 Å². The van der Waals surface area contributed by atoms with Crippen LogP contribution in [0.3, 0.4) is 0 Å². The highest BCUT2D eigenvalue weighted by Crippen LogP contribution is 2.62. The summed E-state index contributed by atoms with van der Waals surface area (Å²) in [6.45, 7) is 5.45. The van der Waals surface area contributed by atoms with E-state index in [0.29, 0.717) is 5.92 Å². The van der Waals surface area contributed by atoms with Crippen LogP contribution in [0.4, 0.5) is 0 Å². The van der Waals surface area contributed by atoms with Crippen LogP contribution in [-0.4, -0.2) is 74.6 Å². The van der Waals surface area contributed by atoms with E-state index in [2.05, 4.69) is 13.8 Å². The van der Waals surface area contributed by atoms with Crippen molar-refractivity contribution in [3.8, 4) is 0 Å². The number of rotatable bonds is 3. The minimum absolute atomic E-state index is 0.0742. The number of aliphatic hydroxyl groups is 5. The first-order valence-electron chi connectivity index (χ1n) is 8.29. The van der Waals surface area contributed by atoms with Gasteiger partial charge in [0.1, 0.15) is 24.4 Å². The van der Waals surface area contributed by atoms with Gasteiger partial charge in [-0.05, 0) is 31.1 Å². The molecule has 0 unspecified atom stereocenters. The summed E-state index contributed by atoms with van der Waals surface area (Å²) >= 11 is 0. The third-order valence-corrected chi connectivity index (χ3v) is 6.71. The Kier molecular flexibility index (Phi) is 4.29. The molecule has 3 aliphatic rings. The molecule has 0 amide bonds. The second kappa shape index (κ2) is 5.62. The van der Waals surface area contributed by atoms with Crippen LogP contribution in [0.15, 0.2) is 0 Å². The Morgan fingerprint density at radius 1 is 1.04 bits per heavy atom. The monoisotopic (exact) mass is 332 g/mol. The largest absolute Gasteiger partial charge is 0.394 e. The van der Waals surface area contributed by atoms with Gasteiger partial charge in [0, 0.05) is 5.92 Å². The van der Waals surface area contributed by atoms with E-state index < -0.39 is 42.9 Å². The van der Waals surface area contributed by atoms with Gasteiger partial charge in [-0.15, -0.1) is 0 Å². The van der Waals surface area contributed by atoms with Gasteiger partial charge in [-0.2, -0.15) is 0 Å². The summed E-state index contributed by atoms with van der Waals surface area (Å²) in [5, 5.41) is 49.8. The molecule has 0 aromatic heterocycles. The second-order valence-corrected chi connectivity index (χ2v) is 8.02. The van der Waals surface area contributed by atoms with Crippen LogP contribution in [0.1, 0.15) is 33.6 Å². The summed E-state index contributed by atoms with van der Waals surface area (Å²) in [6.07, 6.45) is -5.03. The molecule has 23 heavy (non-hydrogen) atoms. The van der Waals surface area contributed by atoms with E-state index in [-0.39, 0.29) is 17.4 Å². The molecule has 9 atom stereocenters. The van der Waals surface area contributed by atoms with Crippen LogP contribution in [0.5, 0.6) is 0 Å². The molecule has 7 nitrogen and oxygen atoms in total. The molecule has 0 radical (unpaired) electrons. The summed E-state index contributed by atoms with van der Waals surface area (Å²) < 4.78 is 11.3. The van der Waals surface area contributed by atoms with Gasteiger partial charge in [0.2, 0.25) is 0 Å². The van der Waals surface area contributed by atoms with E-state index in [1.807, 2.05) is 6.92 Å². The highest BCUT2D eigenvalue weighted by Gasteiger charge is 2.64. The van der Waals surface area contributed by atoms with Gasteiger partial charge in [0.05, 0.1) is 18.3 Å². The topological polar surface area (TPSA) is 120 Å². The van der Waals surface area contributed by atoms with Gasteiger partial charge < -0.3 is 35.0 Å². The zero-order chi connectivity index (χ0) is 17.2. The highest BCUT2D eigenvalue weighted by atomic mass is 16.7. The van der Waals surface area contributed by atoms with Crippen molar-refractivity contribution < 1.29 is 35.0 Å². The van der Waals surface area contributed by atoms with Crippen LogP contribution in [0.25, 0.3) is 0 Å². The van der Waals surface area contributed by atoms with Crippen molar-refractivity contribution in [1.82, 2.24) is 0 Å². The molecule has 3 fully saturated rings. The van der Waals surface area contributed by atoms with Gasteiger partial charge in [-0.3, -0.25) is 0 Å². The molecule has 2 bridgehead atoms. The molecule has 1 aliphatic heterocycles. The lowest BCUT2D eigenvalue weighted by atomic mass is 9.65. The average Bonchev–Trinajstić information content (AvgIpc) is 2.98. The summed E-state index contributed by atoms with van der Waals surface area (Å²) in [5.41, 5.74) is -1.08. The van der Waals surface area contributed by atoms with Crippen LogP contribution in [0, 0.1) is 17.3 Å². The molecular weight excluding hydrogens is 304 g/mol. The van der Waals surface area contributed by atoms with Crippen LogP contribution in [-0.2, 0) is 9.47 Å². The first kappa shape index (κ1) is 17.5. The summed E-state index contributed by atoms with van der Waals surface area (Å²) in [4.78, 5) is 0. The molecule has 1 saturated heterocycles. The molecule has 0 aromatic rings. The predicted octanol–water partition coefficient (Wildman–Crippen LogP) is -1.01. The van der Waals surface area contributed by atoms with Crippen molar-refractivity contribution in [1.29, 1.82) is 0 Å². The highest BCUT2D eigenvalue weighted by molar-refractivity contribution is 5.13. The van der Waals surface area contributed by atoms with Crippen LogP contribution >= 0.6 is 0 Å². The lowest BCUT2D eigenvalue weighted by molar-refractivity contribution is -0.320. The molecular formula is C16H28O7. The van der Waals surface area contributed by atoms with E-state index >= 15 is 0 Å². The maximum absolute atomic E-state index is 10.9. The van der Waals surface area contributed by atoms with Crippen molar-refractivity contribution in [2.24, 2.45) is 17.3 Å². The minimum Gasteiger partial charge on any atom is -0.394 e. The molecule has 2 aliphatic carbocycles. The zero-order valence-corrected chi connectivity index (χ0v) is 13.8. The fourth-order valence-corrected chi connectivity index (χ4v) is 4.57. The SMILES string of the molecule is CC1(C)[C@@H]2C[C@@H](O[C@@H]3O[C@H](CO)[C@@H](O)[C@H](O)[C@H]3O)[C@H](C2)[C@@]1(C)O. The van der Waals surface area contributed by atoms with Gasteiger partial charge in [-0.25, -0.2) is 0 Å². The lowest BCUT2D eigenvalue weighted by Crippen LogP contribution is -2.61. The Bertz CT molecular complexity index is 450. The first-order valence-corrected chi connectivity index (χ1v) is 8.29. The fourth-order valence-electron chi connectivity index (χ4n) is 4.57. The first-order chi connectivity index (χ1) is 10.6. The van der Waals surface area contributed by atoms with Gasteiger partial charge >= 0.3 is 0 Å². The van der Waals surface area contributed by atoms with Crippen LogP contribution < -0.4 is 0 Å².